The second kappa shape index (κ2) is 9.69. The Balaban J connectivity index is 2.05. The molecular weight excluding hydrogens is 420 g/mol. The van der Waals surface area contributed by atoms with Crippen molar-refractivity contribution in [3.05, 3.63) is 84.0 Å². The van der Waals surface area contributed by atoms with Crippen molar-refractivity contribution in [2.45, 2.75) is 39.7 Å². The monoisotopic (exact) mass is 446 g/mol. The standard InChI is InChI=1S/C27H26O6/c1-7-24(28)32-22-13-11-21-20(10-12-23(25(21)22)33-27(30)16(4)5)19-9-8-18(14-17(19)6)31-26(29)15(2)3/h7-10,12,14,22H,1-2,4,11,13H2,3,5-6H3. The lowest BCUT2D eigenvalue weighted by molar-refractivity contribution is -0.143. The van der Waals surface area contributed by atoms with Crippen molar-refractivity contribution in [3.8, 4) is 22.6 Å². The number of rotatable bonds is 7. The number of benzene rings is 2. The van der Waals surface area contributed by atoms with E-state index >= 15 is 0 Å². The molecule has 0 fully saturated rings. The van der Waals surface area contributed by atoms with Crippen LogP contribution in [0.5, 0.6) is 11.5 Å². The highest BCUT2D eigenvalue weighted by Crippen LogP contribution is 2.46. The van der Waals surface area contributed by atoms with Gasteiger partial charge in [0, 0.05) is 22.8 Å². The molecule has 33 heavy (non-hydrogen) atoms. The second-order valence-corrected chi connectivity index (χ2v) is 7.99. The molecule has 0 saturated heterocycles. The van der Waals surface area contributed by atoms with Crippen LogP contribution in [0, 0.1) is 6.92 Å². The summed E-state index contributed by atoms with van der Waals surface area (Å²) in [6.45, 7) is 15.7. The molecule has 0 bridgehead atoms. The van der Waals surface area contributed by atoms with E-state index in [2.05, 4.69) is 19.7 Å². The van der Waals surface area contributed by atoms with E-state index in [4.69, 9.17) is 14.2 Å². The van der Waals surface area contributed by atoms with Crippen molar-refractivity contribution < 1.29 is 28.6 Å². The quantitative estimate of drug-likeness (QED) is 0.324. The summed E-state index contributed by atoms with van der Waals surface area (Å²) in [6, 6.07) is 8.94. The highest BCUT2D eigenvalue weighted by atomic mass is 16.6. The summed E-state index contributed by atoms with van der Waals surface area (Å²) < 4.78 is 16.4. The molecule has 3 rings (SSSR count). The zero-order chi connectivity index (χ0) is 24.3. The lowest BCUT2D eigenvalue weighted by Gasteiger charge is -2.19. The van der Waals surface area contributed by atoms with Crippen molar-refractivity contribution in [1.82, 2.24) is 0 Å². The first-order valence-corrected chi connectivity index (χ1v) is 10.5. The van der Waals surface area contributed by atoms with Crippen molar-refractivity contribution >= 4 is 17.9 Å². The van der Waals surface area contributed by atoms with Crippen molar-refractivity contribution in [2.24, 2.45) is 0 Å². The van der Waals surface area contributed by atoms with Gasteiger partial charge in [-0.05, 0) is 74.1 Å². The molecule has 0 amide bonds. The average molecular weight is 446 g/mol. The topological polar surface area (TPSA) is 78.9 Å². The van der Waals surface area contributed by atoms with E-state index in [-0.39, 0.29) is 5.57 Å². The van der Waals surface area contributed by atoms with Gasteiger partial charge in [-0.3, -0.25) is 0 Å². The minimum Gasteiger partial charge on any atom is -0.454 e. The van der Waals surface area contributed by atoms with Crippen LogP contribution in [0.15, 0.2) is 67.3 Å². The minimum absolute atomic E-state index is 0.265. The van der Waals surface area contributed by atoms with Crippen molar-refractivity contribution in [3.63, 3.8) is 0 Å². The number of ether oxygens (including phenoxy) is 3. The van der Waals surface area contributed by atoms with E-state index in [1.54, 1.807) is 32.0 Å². The average Bonchev–Trinajstić information content (AvgIpc) is 3.18. The number of hydrogen-bond acceptors (Lipinski definition) is 6. The van der Waals surface area contributed by atoms with E-state index < -0.39 is 24.0 Å². The Kier molecular flexibility index (Phi) is 6.97. The maximum atomic E-state index is 12.2. The number of aryl methyl sites for hydroxylation is 1. The molecule has 1 unspecified atom stereocenters. The SMILES string of the molecule is C=CC(=O)OC1CCc2c(-c3ccc(OC(=O)C(=C)C)cc3C)ccc(OC(=O)C(=C)C)c21. The van der Waals surface area contributed by atoms with Crippen LogP contribution in [0.4, 0.5) is 0 Å². The number of fused-ring (bicyclic) bond motifs is 1. The molecule has 0 saturated carbocycles. The highest BCUT2D eigenvalue weighted by Gasteiger charge is 2.32. The summed E-state index contributed by atoms with van der Waals surface area (Å²) in [5.41, 5.74) is 4.91. The van der Waals surface area contributed by atoms with Crippen LogP contribution in [-0.2, 0) is 25.5 Å². The Hall–Kier alpha value is -3.93. The van der Waals surface area contributed by atoms with Gasteiger partial charge in [-0.2, -0.15) is 0 Å². The molecule has 170 valence electrons. The molecule has 0 heterocycles. The molecule has 2 aromatic rings. The van der Waals surface area contributed by atoms with Crippen molar-refractivity contribution in [1.29, 1.82) is 0 Å². The van der Waals surface area contributed by atoms with Crippen LogP contribution < -0.4 is 9.47 Å². The van der Waals surface area contributed by atoms with Gasteiger partial charge in [0.2, 0.25) is 0 Å². The third-order valence-electron chi connectivity index (χ3n) is 5.32. The third kappa shape index (κ3) is 5.12. The largest absolute Gasteiger partial charge is 0.454 e. The second-order valence-electron chi connectivity index (χ2n) is 7.99. The number of hydrogen-bond donors (Lipinski definition) is 0. The van der Waals surface area contributed by atoms with E-state index in [9.17, 15) is 14.4 Å². The zero-order valence-corrected chi connectivity index (χ0v) is 19.0. The van der Waals surface area contributed by atoms with Gasteiger partial charge >= 0.3 is 17.9 Å². The summed E-state index contributed by atoms with van der Waals surface area (Å²) in [7, 11) is 0. The Morgan fingerprint density at radius 3 is 2.21 bits per heavy atom. The first-order valence-electron chi connectivity index (χ1n) is 10.5. The van der Waals surface area contributed by atoms with E-state index in [1.807, 2.05) is 19.1 Å². The lowest BCUT2D eigenvalue weighted by Crippen LogP contribution is -2.13. The van der Waals surface area contributed by atoms with E-state index in [0.29, 0.717) is 35.5 Å². The first kappa shape index (κ1) is 23.7. The molecule has 6 nitrogen and oxygen atoms in total. The van der Waals surface area contributed by atoms with Gasteiger partial charge in [0.05, 0.1) is 0 Å². The van der Waals surface area contributed by atoms with Gasteiger partial charge in [-0.25, -0.2) is 14.4 Å². The van der Waals surface area contributed by atoms with Crippen LogP contribution >= 0.6 is 0 Å². The lowest BCUT2D eigenvalue weighted by atomic mass is 9.93. The van der Waals surface area contributed by atoms with Gasteiger partial charge in [0.15, 0.2) is 0 Å². The molecule has 0 spiro atoms. The van der Waals surface area contributed by atoms with Crippen LogP contribution in [0.2, 0.25) is 0 Å². The number of carbonyl (C=O) groups excluding carboxylic acids is 3. The fraction of sp³-hybridized carbons (Fsp3) is 0.222. The van der Waals surface area contributed by atoms with Gasteiger partial charge in [0.1, 0.15) is 17.6 Å². The Morgan fingerprint density at radius 1 is 0.970 bits per heavy atom. The molecule has 0 aliphatic heterocycles. The number of carbonyl (C=O) groups is 3. The molecule has 1 atom stereocenters. The molecule has 6 heteroatoms. The summed E-state index contributed by atoms with van der Waals surface area (Å²) in [4.78, 5) is 35.9. The molecule has 1 aliphatic carbocycles. The van der Waals surface area contributed by atoms with Crippen LogP contribution in [0.25, 0.3) is 11.1 Å². The fourth-order valence-electron chi connectivity index (χ4n) is 3.72. The molecule has 2 aromatic carbocycles. The van der Waals surface area contributed by atoms with Crippen LogP contribution in [-0.4, -0.2) is 17.9 Å². The first-order chi connectivity index (χ1) is 15.6. The van der Waals surface area contributed by atoms with E-state index in [0.717, 1.165) is 28.3 Å². The Morgan fingerprint density at radius 2 is 1.61 bits per heavy atom. The molecule has 0 N–H and O–H groups in total. The minimum atomic E-state index is -0.561. The summed E-state index contributed by atoms with van der Waals surface area (Å²) in [6.07, 6.45) is 1.73. The summed E-state index contributed by atoms with van der Waals surface area (Å²) >= 11 is 0. The van der Waals surface area contributed by atoms with Crippen LogP contribution in [0.1, 0.15) is 43.1 Å². The molecule has 1 aliphatic rings. The maximum Gasteiger partial charge on any atom is 0.338 e. The van der Waals surface area contributed by atoms with Gasteiger partial charge < -0.3 is 14.2 Å². The van der Waals surface area contributed by atoms with Gasteiger partial charge in [-0.1, -0.05) is 31.9 Å². The Labute approximate surface area is 193 Å². The predicted molar refractivity (Wildman–Crippen MR) is 125 cm³/mol. The molecular formula is C27H26O6. The zero-order valence-electron chi connectivity index (χ0n) is 19.0. The van der Waals surface area contributed by atoms with Gasteiger partial charge in [0.25, 0.3) is 0 Å². The van der Waals surface area contributed by atoms with Gasteiger partial charge in [-0.15, -0.1) is 0 Å². The normalized spacial score (nSPS) is 14.1. The Bertz CT molecular complexity index is 1190. The third-order valence-corrected chi connectivity index (χ3v) is 5.32. The predicted octanol–water partition coefficient (Wildman–Crippen LogP) is 5.34. The smallest absolute Gasteiger partial charge is 0.338 e. The van der Waals surface area contributed by atoms with Crippen LogP contribution in [0.3, 0.4) is 0 Å². The van der Waals surface area contributed by atoms with Crippen molar-refractivity contribution in [2.75, 3.05) is 0 Å². The van der Waals surface area contributed by atoms with E-state index in [1.165, 1.54) is 0 Å². The summed E-state index contributed by atoms with van der Waals surface area (Å²) in [5.74, 6) is -0.823. The fourth-order valence-corrected chi connectivity index (χ4v) is 3.72. The molecule has 0 aromatic heterocycles. The summed E-state index contributed by atoms with van der Waals surface area (Å²) in [5, 5.41) is 0. The maximum absolute atomic E-state index is 12.2. The number of esters is 3. The molecule has 0 radical (unpaired) electrons. The highest BCUT2D eigenvalue weighted by molar-refractivity contribution is 5.90.